The predicted octanol–water partition coefficient (Wildman–Crippen LogP) is 2.46. The van der Waals surface area contributed by atoms with Crippen LogP contribution in [0.15, 0.2) is 48.5 Å². The van der Waals surface area contributed by atoms with Crippen molar-refractivity contribution in [1.29, 1.82) is 0 Å². The molecule has 2 rings (SSSR count). The molecular weight excluding hydrogens is 391 g/mol. The number of rotatable bonds is 8. The Balaban J connectivity index is 1.84. The number of carboxylic acid groups (broad SMARTS) is 1. The predicted molar refractivity (Wildman–Crippen MR) is 103 cm³/mol. The molecule has 0 saturated heterocycles. The van der Waals surface area contributed by atoms with E-state index in [2.05, 4.69) is 10.6 Å². The van der Waals surface area contributed by atoms with Crippen LogP contribution in [-0.4, -0.2) is 35.5 Å². The lowest BCUT2D eigenvalue weighted by molar-refractivity contribution is -0.141. The van der Waals surface area contributed by atoms with Gasteiger partial charge in [-0.2, -0.15) is 0 Å². The zero-order valence-corrected chi connectivity index (χ0v) is 15.8. The molecule has 0 saturated carbocycles. The minimum atomic E-state index is -1.23. The second-order valence-corrected chi connectivity index (χ2v) is 6.74. The van der Waals surface area contributed by atoms with Gasteiger partial charge in [0.15, 0.2) is 0 Å². The van der Waals surface area contributed by atoms with Crippen LogP contribution in [0.25, 0.3) is 0 Å². The summed E-state index contributed by atoms with van der Waals surface area (Å²) in [5, 5.41) is 15.3. The van der Waals surface area contributed by atoms with Crippen molar-refractivity contribution in [2.24, 2.45) is 0 Å². The van der Waals surface area contributed by atoms with Gasteiger partial charge in [-0.05, 0) is 35.4 Å². The first-order chi connectivity index (χ1) is 12.8. The number of nitrogens with one attached hydrogen (secondary N) is 2. The van der Waals surface area contributed by atoms with E-state index in [0.29, 0.717) is 15.6 Å². The summed E-state index contributed by atoms with van der Waals surface area (Å²) in [7, 11) is 0. The maximum absolute atomic E-state index is 12.0. The van der Waals surface area contributed by atoms with E-state index in [1.54, 1.807) is 48.5 Å². The molecule has 2 amide bonds. The average Bonchev–Trinajstić information content (AvgIpc) is 2.62. The van der Waals surface area contributed by atoms with Gasteiger partial charge in [0, 0.05) is 16.6 Å². The van der Waals surface area contributed by atoms with Gasteiger partial charge in [-0.25, -0.2) is 4.79 Å². The van der Waals surface area contributed by atoms with Gasteiger partial charge in [-0.1, -0.05) is 47.5 Å². The fraction of sp³-hybridized carbons (Fsp3) is 0.211. The van der Waals surface area contributed by atoms with Crippen LogP contribution in [0.3, 0.4) is 0 Å². The van der Waals surface area contributed by atoms with E-state index in [4.69, 9.17) is 23.2 Å². The minimum absolute atomic E-state index is 0.0136. The van der Waals surface area contributed by atoms with Crippen molar-refractivity contribution in [3.05, 3.63) is 69.7 Å². The van der Waals surface area contributed by atoms with E-state index in [1.165, 1.54) is 0 Å². The fourth-order valence-electron chi connectivity index (χ4n) is 2.30. The van der Waals surface area contributed by atoms with Gasteiger partial charge in [-0.15, -0.1) is 0 Å². The molecule has 0 spiro atoms. The highest BCUT2D eigenvalue weighted by Gasteiger charge is 2.20. The number of amides is 2. The van der Waals surface area contributed by atoms with Crippen molar-refractivity contribution < 1.29 is 19.5 Å². The molecular formula is C19H18Cl2N2O4. The van der Waals surface area contributed by atoms with Crippen LogP contribution in [0.5, 0.6) is 0 Å². The molecule has 1 unspecified atom stereocenters. The van der Waals surface area contributed by atoms with Crippen LogP contribution in [0.2, 0.25) is 10.0 Å². The number of carbonyl (C=O) groups excluding carboxylic acids is 2. The molecule has 3 N–H and O–H groups in total. The Morgan fingerprint density at radius 2 is 1.26 bits per heavy atom. The first kappa shape index (κ1) is 20.7. The molecule has 0 aromatic heterocycles. The Labute approximate surface area is 166 Å². The number of benzene rings is 2. The van der Waals surface area contributed by atoms with E-state index in [9.17, 15) is 19.5 Å². The van der Waals surface area contributed by atoms with Crippen molar-refractivity contribution in [3.63, 3.8) is 0 Å². The van der Waals surface area contributed by atoms with Crippen LogP contribution in [0, 0.1) is 0 Å². The average molecular weight is 409 g/mol. The van der Waals surface area contributed by atoms with Crippen molar-refractivity contribution in [2.75, 3.05) is 6.54 Å². The van der Waals surface area contributed by atoms with Crippen molar-refractivity contribution >= 4 is 41.0 Å². The smallest absolute Gasteiger partial charge is 0.328 e. The molecule has 2 aromatic carbocycles. The monoisotopic (exact) mass is 408 g/mol. The third-order valence-electron chi connectivity index (χ3n) is 3.69. The highest BCUT2D eigenvalue weighted by Crippen LogP contribution is 2.10. The Hall–Kier alpha value is -2.57. The molecule has 0 aliphatic carbocycles. The molecule has 1 atom stereocenters. The number of aliphatic carboxylic acids is 1. The molecule has 2 aromatic rings. The molecule has 0 aliphatic heterocycles. The second-order valence-electron chi connectivity index (χ2n) is 5.87. The second kappa shape index (κ2) is 9.94. The number of halogens is 2. The summed E-state index contributed by atoms with van der Waals surface area (Å²) in [5.74, 6) is -2.04. The Morgan fingerprint density at radius 3 is 1.70 bits per heavy atom. The Kier molecular flexibility index (Phi) is 7.64. The normalized spacial score (nSPS) is 11.5. The quantitative estimate of drug-likeness (QED) is 0.624. The zero-order chi connectivity index (χ0) is 19.8. The van der Waals surface area contributed by atoms with E-state index in [0.717, 1.165) is 5.56 Å². The van der Waals surface area contributed by atoms with Crippen LogP contribution in [-0.2, 0) is 27.2 Å². The van der Waals surface area contributed by atoms with Gasteiger partial charge in [0.1, 0.15) is 6.04 Å². The van der Waals surface area contributed by atoms with Crippen LogP contribution >= 0.6 is 23.2 Å². The van der Waals surface area contributed by atoms with E-state index in [-0.39, 0.29) is 25.3 Å². The van der Waals surface area contributed by atoms with E-state index in [1.807, 2.05) is 0 Å². The Bertz CT molecular complexity index is 807. The highest BCUT2D eigenvalue weighted by molar-refractivity contribution is 6.30. The largest absolute Gasteiger partial charge is 0.480 e. The van der Waals surface area contributed by atoms with Gasteiger partial charge in [-0.3, -0.25) is 9.59 Å². The molecule has 27 heavy (non-hydrogen) atoms. The van der Waals surface area contributed by atoms with Gasteiger partial charge in [0.05, 0.1) is 12.8 Å². The van der Waals surface area contributed by atoms with Gasteiger partial charge < -0.3 is 15.7 Å². The lowest BCUT2D eigenvalue weighted by Crippen LogP contribution is -2.49. The first-order valence-electron chi connectivity index (χ1n) is 8.11. The molecule has 0 heterocycles. The lowest BCUT2D eigenvalue weighted by Gasteiger charge is -2.15. The number of hydrogen-bond donors (Lipinski definition) is 3. The first-order valence-corrected chi connectivity index (χ1v) is 8.87. The summed E-state index contributed by atoms with van der Waals surface area (Å²) in [6.07, 6.45) is 0.0991. The van der Waals surface area contributed by atoms with Crippen molar-refractivity contribution in [1.82, 2.24) is 10.6 Å². The SMILES string of the molecule is O=C(Cc1ccc(Cl)cc1)NCC(NC(=O)Cc1ccc(Cl)cc1)C(=O)O. The molecule has 6 nitrogen and oxygen atoms in total. The minimum Gasteiger partial charge on any atom is -0.480 e. The highest BCUT2D eigenvalue weighted by atomic mass is 35.5. The third kappa shape index (κ3) is 7.29. The van der Waals surface area contributed by atoms with Crippen LogP contribution in [0.1, 0.15) is 11.1 Å². The van der Waals surface area contributed by atoms with Crippen molar-refractivity contribution in [2.45, 2.75) is 18.9 Å². The summed E-state index contributed by atoms with van der Waals surface area (Å²) in [6, 6.07) is 12.2. The van der Waals surface area contributed by atoms with Gasteiger partial charge in [0.2, 0.25) is 11.8 Å². The standard InChI is InChI=1S/C19H18Cl2N2O4/c20-14-5-1-12(2-6-14)9-17(24)22-11-16(19(26)27)23-18(25)10-13-3-7-15(21)8-4-13/h1-8,16H,9-11H2,(H,22,24)(H,23,25)(H,26,27). The molecule has 0 radical (unpaired) electrons. The number of carbonyl (C=O) groups is 3. The third-order valence-corrected chi connectivity index (χ3v) is 4.20. The molecule has 142 valence electrons. The lowest BCUT2D eigenvalue weighted by atomic mass is 10.1. The summed E-state index contributed by atoms with van der Waals surface area (Å²) >= 11 is 11.6. The molecule has 0 bridgehead atoms. The Morgan fingerprint density at radius 1 is 0.815 bits per heavy atom. The maximum Gasteiger partial charge on any atom is 0.328 e. The van der Waals surface area contributed by atoms with Gasteiger partial charge in [0.25, 0.3) is 0 Å². The summed E-state index contributed by atoms with van der Waals surface area (Å²) in [5.41, 5.74) is 1.45. The van der Waals surface area contributed by atoms with Gasteiger partial charge >= 0.3 is 5.97 Å². The fourth-order valence-corrected chi connectivity index (χ4v) is 2.55. The summed E-state index contributed by atoms with van der Waals surface area (Å²) in [4.78, 5) is 35.4. The van der Waals surface area contributed by atoms with Crippen LogP contribution in [0.4, 0.5) is 0 Å². The summed E-state index contributed by atoms with van der Waals surface area (Å²) in [6.45, 7) is -0.214. The van der Waals surface area contributed by atoms with Crippen LogP contribution < -0.4 is 10.6 Å². The maximum atomic E-state index is 12.0. The number of carboxylic acids is 1. The number of hydrogen-bond acceptors (Lipinski definition) is 3. The topological polar surface area (TPSA) is 95.5 Å². The summed E-state index contributed by atoms with van der Waals surface area (Å²) < 4.78 is 0. The van der Waals surface area contributed by atoms with Crippen molar-refractivity contribution in [3.8, 4) is 0 Å². The molecule has 8 heteroatoms. The zero-order valence-electron chi connectivity index (χ0n) is 14.2. The molecule has 0 fully saturated rings. The molecule has 0 aliphatic rings. The van der Waals surface area contributed by atoms with E-state index >= 15 is 0 Å². The van der Waals surface area contributed by atoms with E-state index < -0.39 is 17.9 Å².